The van der Waals surface area contributed by atoms with Gasteiger partial charge in [0, 0.05) is 7.05 Å². The summed E-state index contributed by atoms with van der Waals surface area (Å²) in [5.41, 5.74) is 0. The van der Waals surface area contributed by atoms with E-state index >= 15 is 0 Å². The SMILES string of the molecule is CCCCCCCCCCCCCCCCCCOC(=O)CN(C)C(=O)C(F)(F)C(F)(F)F. The molecule has 0 saturated carbocycles. The molecule has 0 aromatic rings. The van der Waals surface area contributed by atoms with Crippen LogP contribution in [0, 0.1) is 0 Å². The van der Waals surface area contributed by atoms with Gasteiger partial charge in [0.15, 0.2) is 0 Å². The van der Waals surface area contributed by atoms with E-state index in [1.165, 1.54) is 70.6 Å². The maximum Gasteiger partial charge on any atom is 0.463 e. The molecule has 0 saturated heterocycles. The number of halogens is 5. The van der Waals surface area contributed by atoms with Crippen molar-refractivity contribution in [1.29, 1.82) is 0 Å². The summed E-state index contributed by atoms with van der Waals surface area (Å²) in [6.45, 7) is 1.33. The zero-order chi connectivity index (χ0) is 25.2. The normalized spacial score (nSPS) is 12.1. The Morgan fingerprint density at radius 1 is 0.667 bits per heavy atom. The highest BCUT2D eigenvalue weighted by Crippen LogP contribution is 2.36. The smallest absolute Gasteiger partial charge is 0.463 e. The van der Waals surface area contributed by atoms with E-state index in [0.717, 1.165) is 25.7 Å². The third kappa shape index (κ3) is 15.2. The lowest BCUT2D eigenvalue weighted by Gasteiger charge is -2.24. The Morgan fingerprint density at radius 2 is 1.03 bits per heavy atom. The van der Waals surface area contributed by atoms with Gasteiger partial charge in [0.1, 0.15) is 6.54 Å². The fraction of sp³-hybridized carbons (Fsp3) is 0.917. The topological polar surface area (TPSA) is 46.6 Å². The number of unbranched alkanes of at least 4 members (excludes halogenated alkanes) is 15. The predicted molar refractivity (Wildman–Crippen MR) is 119 cm³/mol. The molecule has 0 spiro atoms. The molecule has 0 unspecified atom stereocenters. The molecule has 0 bridgehead atoms. The first-order valence-electron chi connectivity index (χ1n) is 12.4. The first-order valence-corrected chi connectivity index (χ1v) is 12.4. The minimum Gasteiger partial charge on any atom is -0.464 e. The number of esters is 1. The second kappa shape index (κ2) is 18.0. The predicted octanol–water partition coefficient (Wildman–Crippen LogP) is 7.45. The molecule has 0 rings (SSSR count). The first kappa shape index (κ1) is 31.6. The van der Waals surface area contributed by atoms with E-state index in [1.807, 2.05) is 0 Å². The highest BCUT2D eigenvalue weighted by Gasteiger charge is 2.64. The fourth-order valence-corrected chi connectivity index (χ4v) is 3.51. The molecule has 0 atom stereocenters. The summed E-state index contributed by atoms with van der Waals surface area (Å²) in [4.78, 5) is 22.8. The summed E-state index contributed by atoms with van der Waals surface area (Å²) in [5, 5.41) is 0. The van der Waals surface area contributed by atoms with Crippen molar-refractivity contribution >= 4 is 11.9 Å². The number of amides is 1. The second-order valence-corrected chi connectivity index (χ2v) is 8.76. The molecule has 0 aromatic carbocycles. The Morgan fingerprint density at radius 3 is 1.39 bits per heavy atom. The van der Waals surface area contributed by atoms with Gasteiger partial charge in [0.05, 0.1) is 6.61 Å². The van der Waals surface area contributed by atoms with Crippen molar-refractivity contribution in [1.82, 2.24) is 4.90 Å². The largest absolute Gasteiger partial charge is 0.464 e. The van der Waals surface area contributed by atoms with Gasteiger partial charge in [-0.05, 0) is 6.42 Å². The number of hydrogen-bond donors (Lipinski definition) is 0. The Kier molecular flexibility index (Phi) is 17.2. The summed E-state index contributed by atoms with van der Waals surface area (Å²) >= 11 is 0. The van der Waals surface area contributed by atoms with Gasteiger partial charge in [-0.2, -0.15) is 22.0 Å². The molecule has 4 nitrogen and oxygen atoms in total. The molecule has 1 amide bonds. The zero-order valence-corrected chi connectivity index (χ0v) is 20.3. The number of nitrogens with zero attached hydrogens (tertiary/aromatic N) is 1. The summed E-state index contributed by atoms with van der Waals surface area (Å²) < 4.78 is 67.4. The minimum atomic E-state index is -6.00. The number of hydrogen-bond acceptors (Lipinski definition) is 3. The van der Waals surface area contributed by atoms with Crippen molar-refractivity contribution in [3.8, 4) is 0 Å². The Balaban J connectivity index is 3.56. The lowest BCUT2D eigenvalue weighted by molar-refractivity contribution is -0.274. The van der Waals surface area contributed by atoms with E-state index in [9.17, 15) is 31.5 Å². The van der Waals surface area contributed by atoms with Crippen molar-refractivity contribution in [2.45, 2.75) is 122 Å². The molecular formula is C24H42F5NO3. The maximum absolute atomic E-state index is 13.0. The van der Waals surface area contributed by atoms with Gasteiger partial charge in [-0.1, -0.05) is 103 Å². The van der Waals surface area contributed by atoms with Gasteiger partial charge in [-0.25, -0.2) is 0 Å². The molecule has 0 aromatic heterocycles. The first-order chi connectivity index (χ1) is 15.5. The van der Waals surface area contributed by atoms with Crippen LogP contribution >= 0.6 is 0 Å². The maximum atomic E-state index is 13.0. The monoisotopic (exact) mass is 487 g/mol. The molecule has 0 N–H and O–H groups in total. The van der Waals surface area contributed by atoms with Crippen molar-refractivity contribution < 1.29 is 36.3 Å². The number of ether oxygens (including phenoxy) is 1. The lowest BCUT2D eigenvalue weighted by Crippen LogP contribution is -2.52. The number of likely N-dealkylation sites (N-methyl/N-ethyl adjacent to an activating group) is 1. The molecule has 0 aliphatic rings. The van der Waals surface area contributed by atoms with Crippen molar-refractivity contribution in [3.05, 3.63) is 0 Å². The van der Waals surface area contributed by atoms with Gasteiger partial charge in [-0.15, -0.1) is 0 Å². The number of alkyl halides is 5. The van der Waals surface area contributed by atoms with Crippen LogP contribution in [0.15, 0.2) is 0 Å². The van der Waals surface area contributed by atoms with Crippen LogP contribution in [0.2, 0.25) is 0 Å². The van der Waals surface area contributed by atoms with Crippen LogP contribution in [0.25, 0.3) is 0 Å². The van der Waals surface area contributed by atoms with Gasteiger partial charge < -0.3 is 9.64 Å². The van der Waals surface area contributed by atoms with E-state index < -0.39 is 30.5 Å². The number of rotatable bonds is 20. The minimum absolute atomic E-state index is 0.0312. The molecular weight excluding hydrogens is 445 g/mol. The van der Waals surface area contributed by atoms with Crippen LogP contribution in [0.5, 0.6) is 0 Å². The molecule has 33 heavy (non-hydrogen) atoms. The molecule has 0 fully saturated rings. The lowest BCUT2D eigenvalue weighted by atomic mass is 10.0. The molecule has 0 heterocycles. The quantitative estimate of drug-likeness (QED) is 0.102. The van der Waals surface area contributed by atoms with E-state index in [-0.39, 0.29) is 11.5 Å². The standard InChI is InChI=1S/C24H42F5NO3/c1-3-4-5-6-7-8-9-10-11-12-13-14-15-16-17-18-19-33-21(31)20-30(2)22(32)23(25,26)24(27,28)29/h3-20H2,1-2H3. The summed E-state index contributed by atoms with van der Waals surface area (Å²) in [7, 11) is 0.706. The molecule has 9 heteroatoms. The van der Waals surface area contributed by atoms with Crippen molar-refractivity contribution in [2.75, 3.05) is 20.2 Å². The fourth-order valence-electron chi connectivity index (χ4n) is 3.51. The van der Waals surface area contributed by atoms with Gasteiger partial charge >= 0.3 is 24.0 Å². The van der Waals surface area contributed by atoms with Gasteiger partial charge in [0.2, 0.25) is 0 Å². The summed E-state index contributed by atoms with van der Waals surface area (Å²) in [5.74, 6) is -9.02. The second-order valence-electron chi connectivity index (χ2n) is 8.76. The van der Waals surface area contributed by atoms with E-state index in [0.29, 0.717) is 13.5 Å². The number of carbonyl (C=O) groups excluding carboxylic acids is 2. The van der Waals surface area contributed by atoms with Crippen LogP contribution < -0.4 is 0 Å². The molecule has 196 valence electrons. The van der Waals surface area contributed by atoms with E-state index in [2.05, 4.69) is 6.92 Å². The Bertz CT molecular complexity index is 527. The summed E-state index contributed by atoms with van der Waals surface area (Å²) in [6, 6.07) is 0. The third-order valence-corrected chi connectivity index (χ3v) is 5.60. The highest BCUT2D eigenvalue weighted by molar-refractivity contribution is 5.87. The van der Waals surface area contributed by atoms with Crippen LogP contribution in [0.3, 0.4) is 0 Å². The van der Waals surface area contributed by atoms with Crippen LogP contribution in [-0.2, 0) is 14.3 Å². The number of carbonyl (C=O) groups is 2. The zero-order valence-electron chi connectivity index (χ0n) is 20.3. The van der Waals surface area contributed by atoms with Crippen molar-refractivity contribution in [3.63, 3.8) is 0 Å². The Labute approximate surface area is 195 Å². The summed E-state index contributed by atoms with van der Waals surface area (Å²) in [6.07, 6.45) is 13.2. The van der Waals surface area contributed by atoms with Crippen LogP contribution in [0.1, 0.15) is 110 Å². The van der Waals surface area contributed by atoms with Crippen LogP contribution in [-0.4, -0.2) is 49.1 Å². The molecule has 0 aliphatic heterocycles. The molecule has 0 aliphatic carbocycles. The van der Waals surface area contributed by atoms with Gasteiger partial charge in [-0.3, -0.25) is 9.59 Å². The van der Waals surface area contributed by atoms with E-state index in [4.69, 9.17) is 4.74 Å². The van der Waals surface area contributed by atoms with Gasteiger partial charge in [0.25, 0.3) is 0 Å². The van der Waals surface area contributed by atoms with Crippen molar-refractivity contribution in [2.24, 2.45) is 0 Å². The molecule has 0 radical (unpaired) electrons. The Hall–Kier alpha value is -1.41. The van der Waals surface area contributed by atoms with Crippen LogP contribution in [0.4, 0.5) is 22.0 Å². The highest BCUT2D eigenvalue weighted by atomic mass is 19.4. The van der Waals surface area contributed by atoms with E-state index in [1.54, 1.807) is 0 Å². The average Bonchev–Trinajstić information content (AvgIpc) is 2.74. The average molecular weight is 488 g/mol. The third-order valence-electron chi connectivity index (χ3n) is 5.60.